The Balaban J connectivity index is 2.10. The Morgan fingerprint density at radius 3 is 3.06 bits per heavy atom. The van der Waals surface area contributed by atoms with Gasteiger partial charge in [0.05, 0.1) is 18.8 Å². The van der Waals surface area contributed by atoms with Crippen LogP contribution in [0, 0.1) is 0 Å². The van der Waals surface area contributed by atoms with Gasteiger partial charge in [-0.3, -0.25) is 9.88 Å². The lowest BCUT2D eigenvalue weighted by atomic mass is 10.00. The van der Waals surface area contributed by atoms with E-state index in [0.717, 1.165) is 19.7 Å². The van der Waals surface area contributed by atoms with Gasteiger partial charge in [-0.25, -0.2) is 0 Å². The molecule has 2 atom stereocenters. The van der Waals surface area contributed by atoms with E-state index in [2.05, 4.69) is 42.2 Å². The molecule has 0 spiro atoms. The van der Waals surface area contributed by atoms with E-state index in [4.69, 9.17) is 4.74 Å². The number of aromatic nitrogens is 1. The second kappa shape index (κ2) is 6.27. The van der Waals surface area contributed by atoms with Crippen LogP contribution in [0.15, 0.2) is 24.5 Å². The lowest BCUT2D eigenvalue weighted by Crippen LogP contribution is -2.48. The van der Waals surface area contributed by atoms with Crippen LogP contribution in [-0.4, -0.2) is 48.8 Å². The third kappa shape index (κ3) is 3.28. The molecule has 1 N–H and O–H groups in total. The number of morpholine rings is 1. The number of nitrogens with one attached hydrogen (secondary N) is 1. The van der Waals surface area contributed by atoms with Gasteiger partial charge in [-0.2, -0.15) is 0 Å². The summed E-state index contributed by atoms with van der Waals surface area (Å²) in [4.78, 5) is 6.58. The largest absolute Gasteiger partial charge is 0.374 e. The van der Waals surface area contributed by atoms with Gasteiger partial charge in [-0.05, 0) is 18.7 Å². The molecule has 2 rings (SSSR count). The second-order valence-corrected chi connectivity index (χ2v) is 5.18. The van der Waals surface area contributed by atoms with Crippen LogP contribution in [-0.2, 0) is 4.74 Å². The molecule has 18 heavy (non-hydrogen) atoms. The lowest BCUT2D eigenvalue weighted by molar-refractivity contribution is -0.0621. The van der Waals surface area contributed by atoms with E-state index in [9.17, 15) is 0 Å². The Labute approximate surface area is 109 Å². The Morgan fingerprint density at radius 2 is 2.39 bits per heavy atom. The molecule has 4 heteroatoms. The van der Waals surface area contributed by atoms with Crippen molar-refractivity contribution >= 4 is 0 Å². The van der Waals surface area contributed by atoms with Crippen molar-refractivity contribution in [1.82, 2.24) is 15.2 Å². The first-order valence-corrected chi connectivity index (χ1v) is 6.63. The first-order valence-electron chi connectivity index (χ1n) is 6.63. The van der Waals surface area contributed by atoms with Crippen molar-refractivity contribution in [3.05, 3.63) is 30.1 Å². The van der Waals surface area contributed by atoms with Gasteiger partial charge in [0.1, 0.15) is 0 Å². The van der Waals surface area contributed by atoms with E-state index in [-0.39, 0.29) is 6.10 Å². The number of nitrogens with zero attached hydrogens (tertiary/aromatic N) is 2. The van der Waals surface area contributed by atoms with Crippen molar-refractivity contribution in [2.24, 2.45) is 0 Å². The molecule has 0 aliphatic carbocycles. The highest BCUT2D eigenvalue weighted by Gasteiger charge is 2.31. The average Bonchev–Trinajstić information content (AvgIpc) is 2.37. The summed E-state index contributed by atoms with van der Waals surface area (Å²) in [5.41, 5.74) is 1.23. The zero-order valence-electron chi connectivity index (χ0n) is 11.5. The first-order chi connectivity index (χ1) is 8.68. The number of hydrogen-bond donors (Lipinski definition) is 1. The van der Waals surface area contributed by atoms with E-state index in [1.165, 1.54) is 5.56 Å². The molecule has 1 aromatic heterocycles. The normalized spacial score (nSPS) is 25.6. The predicted molar refractivity (Wildman–Crippen MR) is 72.5 cm³/mol. The fourth-order valence-electron chi connectivity index (χ4n) is 2.40. The lowest BCUT2D eigenvalue weighted by Gasteiger charge is -2.39. The molecular formula is C14H23N3O. The smallest absolute Gasteiger partial charge is 0.0897 e. The quantitative estimate of drug-likeness (QED) is 0.876. The molecule has 0 aromatic carbocycles. The van der Waals surface area contributed by atoms with Crippen LogP contribution >= 0.6 is 0 Å². The van der Waals surface area contributed by atoms with Crippen molar-refractivity contribution < 1.29 is 4.74 Å². The maximum absolute atomic E-state index is 5.93. The molecule has 4 nitrogen and oxygen atoms in total. The molecule has 2 heterocycles. The van der Waals surface area contributed by atoms with Crippen molar-refractivity contribution in [2.45, 2.75) is 32.0 Å². The average molecular weight is 249 g/mol. The van der Waals surface area contributed by atoms with E-state index in [1.54, 1.807) is 0 Å². The topological polar surface area (TPSA) is 37.4 Å². The summed E-state index contributed by atoms with van der Waals surface area (Å²) in [6, 6.07) is 4.89. The van der Waals surface area contributed by atoms with Crippen molar-refractivity contribution in [3.63, 3.8) is 0 Å². The predicted octanol–water partition coefficient (Wildman–Crippen LogP) is 1.45. The molecule has 0 radical (unpaired) electrons. The van der Waals surface area contributed by atoms with Crippen LogP contribution < -0.4 is 5.32 Å². The summed E-state index contributed by atoms with van der Waals surface area (Å²) in [6.45, 7) is 6.97. The van der Waals surface area contributed by atoms with E-state index in [1.807, 2.05) is 18.5 Å². The minimum absolute atomic E-state index is 0.190. The molecule has 1 aliphatic heterocycles. The number of ether oxygens (including phenoxy) is 1. The van der Waals surface area contributed by atoms with Gasteiger partial charge < -0.3 is 10.1 Å². The minimum atomic E-state index is 0.190. The zero-order chi connectivity index (χ0) is 13.0. The molecule has 0 amide bonds. The highest BCUT2D eigenvalue weighted by Crippen LogP contribution is 2.27. The van der Waals surface area contributed by atoms with Gasteiger partial charge in [0.15, 0.2) is 0 Å². The summed E-state index contributed by atoms with van der Waals surface area (Å²) < 4.78 is 5.93. The van der Waals surface area contributed by atoms with Crippen LogP contribution in [0.1, 0.15) is 25.5 Å². The summed E-state index contributed by atoms with van der Waals surface area (Å²) >= 11 is 0. The molecule has 0 bridgehead atoms. The fourth-order valence-corrected chi connectivity index (χ4v) is 2.40. The van der Waals surface area contributed by atoms with E-state index < -0.39 is 0 Å². The molecule has 0 saturated carbocycles. The molecule has 1 aromatic rings. The minimum Gasteiger partial charge on any atom is -0.374 e. The first kappa shape index (κ1) is 13.5. The summed E-state index contributed by atoms with van der Waals surface area (Å²) in [6.07, 6.45) is 3.95. The van der Waals surface area contributed by atoms with Crippen molar-refractivity contribution in [3.8, 4) is 0 Å². The fraction of sp³-hybridized carbons (Fsp3) is 0.643. The summed E-state index contributed by atoms with van der Waals surface area (Å²) in [5, 5.41) is 3.46. The van der Waals surface area contributed by atoms with Gasteiger partial charge in [-0.15, -0.1) is 0 Å². The van der Waals surface area contributed by atoms with Crippen molar-refractivity contribution in [2.75, 3.05) is 26.7 Å². The Bertz CT molecular complexity index is 355. The van der Waals surface area contributed by atoms with Crippen LogP contribution in [0.2, 0.25) is 0 Å². The third-order valence-corrected chi connectivity index (χ3v) is 3.36. The number of likely N-dealkylation sites (N-methyl/N-ethyl adjacent to an activating group) is 1. The molecule has 1 saturated heterocycles. The van der Waals surface area contributed by atoms with Gasteiger partial charge in [0, 0.05) is 31.5 Å². The van der Waals surface area contributed by atoms with Crippen LogP contribution in [0.3, 0.4) is 0 Å². The van der Waals surface area contributed by atoms with Crippen molar-refractivity contribution in [1.29, 1.82) is 0 Å². The molecule has 2 unspecified atom stereocenters. The standard InChI is InChI=1S/C14H23N3O/c1-11(2)16-10-13-14(17(3)7-8-18-13)12-5-4-6-15-9-12/h4-6,9,11,13-14,16H,7-8,10H2,1-3H3. The van der Waals surface area contributed by atoms with Crippen LogP contribution in [0.4, 0.5) is 0 Å². The Morgan fingerprint density at radius 1 is 1.56 bits per heavy atom. The SMILES string of the molecule is CC(C)NCC1OCCN(C)C1c1cccnc1. The van der Waals surface area contributed by atoms with E-state index >= 15 is 0 Å². The van der Waals surface area contributed by atoms with Crippen LogP contribution in [0.5, 0.6) is 0 Å². The maximum Gasteiger partial charge on any atom is 0.0897 e. The Hall–Kier alpha value is -0.970. The molecular weight excluding hydrogens is 226 g/mol. The molecule has 1 aliphatic rings. The number of rotatable bonds is 4. The van der Waals surface area contributed by atoms with Gasteiger partial charge in [0.25, 0.3) is 0 Å². The maximum atomic E-state index is 5.93. The second-order valence-electron chi connectivity index (χ2n) is 5.18. The third-order valence-electron chi connectivity index (χ3n) is 3.36. The molecule has 100 valence electrons. The number of hydrogen-bond acceptors (Lipinski definition) is 4. The summed E-state index contributed by atoms with van der Waals surface area (Å²) in [7, 11) is 2.16. The molecule has 1 fully saturated rings. The van der Waals surface area contributed by atoms with Gasteiger partial charge in [-0.1, -0.05) is 19.9 Å². The van der Waals surface area contributed by atoms with Gasteiger partial charge >= 0.3 is 0 Å². The monoisotopic (exact) mass is 249 g/mol. The Kier molecular flexibility index (Phi) is 4.69. The zero-order valence-corrected chi connectivity index (χ0v) is 11.5. The highest BCUT2D eigenvalue weighted by molar-refractivity contribution is 5.16. The van der Waals surface area contributed by atoms with Crippen LogP contribution in [0.25, 0.3) is 0 Å². The number of pyridine rings is 1. The highest BCUT2D eigenvalue weighted by atomic mass is 16.5. The van der Waals surface area contributed by atoms with Gasteiger partial charge in [0.2, 0.25) is 0 Å². The summed E-state index contributed by atoms with van der Waals surface area (Å²) in [5.74, 6) is 0. The van der Waals surface area contributed by atoms with E-state index in [0.29, 0.717) is 12.1 Å².